The first-order valence-electron chi connectivity index (χ1n) is 4.75. The van der Waals surface area contributed by atoms with Crippen molar-refractivity contribution in [3.05, 3.63) is 47.3 Å². The maximum atomic E-state index is 9.37. The fourth-order valence-electron chi connectivity index (χ4n) is 1.25. The van der Waals surface area contributed by atoms with Crippen LogP contribution in [-0.4, -0.2) is 5.11 Å². The molecule has 0 aliphatic carbocycles. The summed E-state index contributed by atoms with van der Waals surface area (Å²) in [5.41, 5.74) is 0.963. The lowest BCUT2D eigenvalue weighted by Gasteiger charge is -2.05. The van der Waals surface area contributed by atoms with Gasteiger partial charge in [-0.15, -0.1) is 11.3 Å². The van der Waals surface area contributed by atoms with E-state index in [0.717, 1.165) is 5.56 Å². The summed E-state index contributed by atoms with van der Waals surface area (Å²) >= 11 is 3.49. The highest BCUT2D eigenvalue weighted by Gasteiger charge is 2.01. The molecule has 3 heteroatoms. The number of aliphatic hydroxyl groups excluding tert-OH is 1. The molecule has 0 aliphatic rings. The lowest BCUT2D eigenvalue weighted by Crippen LogP contribution is -1.89. The van der Waals surface area contributed by atoms with E-state index < -0.39 is 0 Å². The molecule has 2 rings (SSSR count). The average Bonchev–Trinajstić information content (AvgIpc) is 2.71. The van der Waals surface area contributed by atoms with E-state index in [1.807, 2.05) is 24.3 Å². The first kappa shape index (κ1) is 10.7. The molecule has 2 aromatic rings. The summed E-state index contributed by atoms with van der Waals surface area (Å²) in [7, 11) is 0. The molecule has 0 spiro atoms. The standard InChI is InChI=1S/C12H12OS2/c1-9(13)10-4-6-11(7-5-10)15-12-3-2-8-14-12/h2-9,13H,1H3/t9-/m1/s1. The van der Waals surface area contributed by atoms with Gasteiger partial charge in [0.15, 0.2) is 0 Å². The van der Waals surface area contributed by atoms with Crippen LogP contribution in [0, 0.1) is 0 Å². The molecule has 0 aliphatic heterocycles. The molecule has 0 amide bonds. The van der Waals surface area contributed by atoms with Gasteiger partial charge in [0.05, 0.1) is 10.3 Å². The Labute approximate surface area is 97.8 Å². The molecule has 1 N–H and O–H groups in total. The zero-order valence-electron chi connectivity index (χ0n) is 8.38. The molecule has 1 atom stereocenters. The van der Waals surface area contributed by atoms with Gasteiger partial charge in [-0.25, -0.2) is 0 Å². The molecule has 0 bridgehead atoms. The monoisotopic (exact) mass is 236 g/mol. The minimum atomic E-state index is -0.384. The van der Waals surface area contributed by atoms with Crippen LogP contribution in [0.15, 0.2) is 50.9 Å². The second kappa shape index (κ2) is 4.84. The molecule has 1 nitrogen and oxygen atoms in total. The molecule has 0 radical (unpaired) electrons. The van der Waals surface area contributed by atoms with Crippen LogP contribution in [0.25, 0.3) is 0 Å². The second-order valence-electron chi connectivity index (χ2n) is 3.28. The highest BCUT2D eigenvalue weighted by Crippen LogP contribution is 2.31. The third-order valence-corrected chi connectivity index (χ3v) is 4.12. The Morgan fingerprint density at radius 2 is 1.93 bits per heavy atom. The van der Waals surface area contributed by atoms with Crippen LogP contribution in [-0.2, 0) is 0 Å². The van der Waals surface area contributed by atoms with Gasteiger partial charge < -0.3 is 5.11 Å². The summed E-state index contributed by atoms with van der Waals surface area (Å²) in [6.45, 7) is 1.78. The Morgan fingerprint density at radius 3 is 2.47 bits per heavy atom. The lowest BCUT2D eigenvalue weighted by atomic mass is 10.1. The lowest BCUT2D eigenvalue weighted by molar-refractivity contribution is 0.199. The van der Waals surface area contributed by atoms with Crippen LogP contribution in [0.3, 0.4) is 0 Å². The first-order chi connectivity index (χ1) is 7.25. The SMILES string of the molecule is C[C@@H](O)c1ccc(Sc2cccs2)cc1. The zero-order valence-corrected chi connectivity index (χ0v) is 10.0. The summed E-state index contributed by atoms with van der Waals surface area (Å²) in [4.78, 5) is 1.21. The first-order valence-corrected chi connectivity index (χ1v) is 6.45. The molecular formula is C12H12OS2. The Morgan fingerprint density at radius 1 is 1.20 bits per heavy atom. The zero-order chi connectivity index (χ0) is 10.7. The van der Waals surface area contributed by atoms with Gasteiger partial charge in [-0.2, -0.15) is 0 Å². The number of hydrogen-bond acceptors (Lipinski definition) is 3. The highest BCUT2D eigenvalue weighted by molar-refractivity contribution is 8.01. The van der Waals surface area contributed by atoms with Gasteiger partial charge in [-0.3, -0.25) is 0 Å². The summed E-state index contributed by atoms with van der Waals surface area (Å²) in [5, 5.41) is 11.4. The number of hydrogen-bond donors (Lipinski definition) is 1. The topological polar surface area (TPSA) is 20.2 Å². The van der Waals surface area contributed by atoms with Crippen molar-refractivity contribution in [2.75, 3.05) is 0 Å². The van der Waals surface area contributed by atoms with Crippen molar-refractivity contribution in [2.24, 2.45) is 0 Å². The largest absolute Gasteiger partial charge is 0.389 e. The van der Waals surface area contributed by atoms with E-state index in [1.165, 1.54) is 9.10 Å². The fraction of sp³-hybridized carbons (Fsp3) is 0.167. The summed E-state index contributed by atoms with van der Waals surface area (Å²) < 4.78 is 1.29. The predicted octanol–water partition coefficient (Wildman–Crippen LogP) is 3.95. The van der Waals surface area contributed by atoms with Gasteiger partial charge in [0.2, 0.25) is 0 Å². The van der Waals surface area contributed by atoms with Crippen LogP contribution in [0.4, 0.5) is 0 Å². The van der Waals surface area contributed by atoms with Crippen LogP contribution < -0.4 is 0 Å². The van der Waals surface area contributed by atoms with Crippen molar-refractivity contribution >= 4 is 23.1 Å². The van der Waals surface area contributed by atoms with Gasteiger partial charge in [0.25, 0.3) is 0 Å². The number of benzene rings is 1. The van der Waals surface area contributed by atoms with Crippen molar-refractivity contribution in [2.45, 2.75) is 22.1 Å². The van der Waals surface area contributed by atoms with Crippen molar-refractivity contribution in [1.82, 2.24) is 0 Å². The minimum absolute atomic E-state index is 0.384. The average molecular weight is 236 g/mol. The highest BCUT2D eigenvalue weighted by atomic mass is 32.2. The summed E-state index contributed by atoms with van der Waals surface area (Å²) in [6.07, 6.45) is -0.384. The predicted molar refractivity (Wildman–Crippen MR) is 65.5 cm³/mol. The van der Waals surface area contributed by atoms with E-state index in [2.05, 4.69) is 17.5 Å². The van der Waals surface area contributed by atoms with Gasteiger partial charge in [-0.05, 0) is 36.1 Å². The molecular weight excluding hydrogens is 224 g/mol. The van der Waals surface area contributed by atoms with E-state index in [0.29, 0.717) is 0 Å². The van der Waals surface area contributed by atoms with E-state index in [4.69, 9.17) is 0 Å². The number of aliphatic hydroxyl groups is 1. The van der Waals surface area contributed by atoms with Gasteiger partial charge in [0.1, 0.15) is 0 Å². The third-order valence-electron chi connectivity index (χ3n) is 2.08. The summed E-state index contributed by atoms with van der Waals surface area (Å²) in [6, 6.07) is 12.2. The maximum absolute atomic E-state index is 9.37. The smallest absolute Gasteiger partial charge is 0.0761 e. The second-order valence-corrected chi connectivity index (χ2v) is 5.60. The third kappa shape index (κ3) is 2.84. The van der Waals surface area contributed by atoms with Crippen molar-refractivity contribution < 1.29 is 5.11 Å². The molecule has 0 saturated heterocycles. The van der Waals surface area contributed by atoms with Crippen LogP contribution in [0.5, 0.6) is 0 Å². The van der Waals surface area contributed by atoms with Crippen molar-refractivity contribution in [3.63, 3.8) is 0 Å². The van der Waals surface area contributed by atoms with Crippen molar-refractivity contribution in [3.8, 4) is 0 Å². The number of thiophene rings is 1. The molecule has 1 aromatic heterocycles. The van der Waals surface area contributed by atoms with Crippen LogP contribution in [0.1, 0.15) is 18.6 Å². The molecule has 0 fully saturated rings. The minimum Gasteiger partial charge on any atom is -0.389 e. The van der Waals surface area contributed by atoms with Crippen LogP contribution in [0.2, 0.25) is 0 Å². The van der Waals surface area contributed by atoms with Crippen molar-refractivity contribution in [1.29, 1.82) is 0 Å². The Hall–Kier alpha value is -0.770. The molecule has 15 heavy (non-hydrogen) atoms. The summed E-state index contributed by atoms with van der Waals surface area (Å²) in [5.74, 6) is 0. The quantitative estimate of drug-likeness (QED) is 0.870. The van der Waals surface area contributed by atoms with Gasteiger partial charge >= 0.3 is 0 Å². The van der Waals surface area contributed by atoms with Gasteiger partial charge in [-0.1, -0.05) is 30.0 Å². The molecule has 1 aromatic carbocycles. The Balaban J connectivity index is 2.11. The van der Waals surface area contributed by atoms with E-state index >= 15 is 0 Å². The van der Waals surface area contributed by atoms with E-state index in [-0.39, 0.29) is 6.10 Å². The maximum Gasteiger partial charge on any atom is 0.0761 e. The molecule has 78 valence electrons. The molecule has 1 heterocycles. The Kier molecular flexibility index (Phi) is 3.46. The molecule has 0 saturated carbocycles. The van der Waals surface area contributed by atoms with E-state index in [9.17, 15) is 5.11 Å². The van der Waals surface area contributed by atoms with Gasteiger partial charge in [0, 0.05) is 4.90 Å². The normalized spacial score (nSPS) is 12.7. The fourth-order valence-corrected chi connectivity index (χ4v) is 3.00. The van der Waals surface area contributed by atoms with Crippen LogP contribution >= 0.6 is 23.1 Å². The molecule has 0 unspecified atom stereocenters. The number of rotatable bonds is 3. The van der Waals surface area contributed by atoms with E-state index in [1.54, 1.807) is 30.0 Å². The Bertz CT molecular complexity index is 404.